The largest absolute Gasteiger partial charge is 0.304 e. The van der Waals surface area contributed by atoms with Crippen LogP contribution in [0.3, 0.4) is 0 Å². The minimum atomic E-state index is -2.17. The van der Waals surface area contributed by atoms with Crippen molar-refractivity contribution in [2.75, 3.05) is 0 Å². The van der Waals surface area contributed by atoms with Crippen LogP contribution in [-0.4, -0.2) is 23.2 Å². The zero-order valence-corrected chi connectivity index (χ0v) is 33.2. The topological polar surface area (TPSA) is 25.8 Å². The van der Waals surface area contributed by atoms with Gasteiger partial charge in [0.15, 0.2) is 0 Å². The third kappa shape index (κ3) is 7.34. The summed E-state index contributed by atoms with van der Waals surface area (Å²) in [6.45, 7) is 5.76. The molecular weight excluding hydrogens is 821 g/mol. The van der Waals surface area contributed by atoms with E-state index in [2.05, 4.69) is 100 Å². The fraction of sp³-hybridized carbons (Fsp3) is 0.227. The predicted octanol–water partition coefficient (Wildman–Crippen LogP) is 11.7. The molecule has 0 N–H and O–H groups in total. The summed E-state index contributed by atoms with van der Waals surface area (Å²) < 4.78 is 33.3. The van der Waals surface area contributed by atoms with Gasteiger partial charge in [-0.05, 0) is 45.7 Å². The molecule has 2 nitrogen and oxygen atoms in total. The molecule has 0 saturated heterocycles. The second kappa shape index (κ2) is 14.9. The Hall–Kier alpha value is -3.63. The number of hydrogen-bond acceptors (Lipinski definition) is 2. The first-order valence-electron chi connectivity index (χ1n) is 18.3. The Kier molecular flexibility index (Phi) is 9.43. The molecule has 0 aliphatic carbocycles. The van der Waals surface area contributed by atoms with Crippen LogP contribution < -0.4 is 4.40 Å². The average molecular weight is 870 g/mol. The van der Waals surface area contributed by atoms with Crippen LogP contribution in [-0.2, 0) is 20.1 Å². The summed E-state index contributed by atoms with van der Waals surface area (Å²) in [6, 6.07) is 39.5. The number of aromatic nitrogens is 2. The minimum absolute atomic E-state index is 0. The molecule has 0 atom stereocenters. The van der Waals surface area contributed by atoms with E-state index in [0.717, 1.165) is 44.4 Å². The van der Waals surface area contributed by atoms with Crippen molar-refractivity contribution in [3.05, 3.63) is 138 Å². The number of fused-ring (bicyclic) bond motifs is 6. The van der Waals surface area contributed by atoms with Crippen LogP contribution >= 0.6 is 0 Å². The van der Waals surface area contributed by atoms with Crippen molar-refractivity contribution in [2.24, 2.45) is 0 Å². The SMILES string of the molecule is [2H]C(C)(C)c1cc(-c2[c-]cccc2)nc[c]1[Ge]([CH3])([CH3])[CH3].[2H]C([2H])([2H])c1cnc(-c2[c-]cc3c4ccccc4c4ccccc4c3c2)cc1C(C)C.[Ir]. The van der Waals surface area contributed by atoms with Gasteiger partial charge in [0, 0.05) is 30.4 Å². The third-order valence-electron chi connectivity index (χ3n) is 8.75. The van der Waals surface area contributed by atoms with Crippen LogP contribution in [0.1, 0.15) is 61.7 Å². The molecule has 4 heteroatoms. The van der Waals surface area contributed by atoms with Gasteiger partial charge in [-0.1, -0.05) is 84.6 Å². The molecule has 7 aromatic rings. The summed E-state index contributed by atoms with van der Waals surface area (Å²) in [5.74, 6) is 6.53. The second-order valence-electron chi connectivity index (χ2n) is 13.7. The number of nitrogens with zero attached hydrogens (tertiary/aromatic N) is 2. The van der Waals surface area contributed by atoms with Crippen molar-refractivity contribution >= 4 is 50.0 Å². The summed E-state index contributed by atoms with van der Waals surface area (Å²) in [7, 11) is 0. The van der Waals surface area contributed by atoms with E-state index in [1.807, 2.05) is 70.3 Å². The predicted molar refractivity (Wildman–Crippen MR) is 205 cm³/mol. The van der Waals surface area contributed by atoms with E-state index in [9.17, 15) is 0 Å². The van der Waals surface area contributed by atoms with E-state index in [1.165, 1.54) is 32.1 Å². The maximum Gasteiger partial charge on any atom is 0.0280 e. The van der Waals surface area contributed by atoms with Crippen molar-refractivity contribution in [1.82, 2.24) is 9.97 Å². The van der Waals surface area contributed by atoms with Gasteiger partial charge in [0.25, 0.3) is 0 Å². The van der Waals surface area contributed by atoms with Crippen molar-refractivity contribution in [3.8, 4) is 22.5 Å². The van der Waals surface area contributed by atoms with Gasteiger partial charge in [0.2, 0.25) is 0 Å². The third-order valence-corrected chi connectivity index (χ3v) is 13.0. The Balaban J connectivity index is 0.000000217. The molecule has 1 radical (unpaired) electrons. The van der Waals surface area contributed by atoms with Crippen LogP contribution in [0.5, 0.6) is 0 Å². The van der Waals surface area contributed by atoms with E-state index >= 15 is 0 Å². The maximum absolute atomic E-state index is 8.44. The second-order valence-corrected chi connectivity index (χ2v) is 24.3. The fourth-order valence-electron chi connectivity index (χ4n) is 6.25. The molecule has 0 fully saturated rings. The first kappa shape index (κ1) is 30.4. The molecule has 0 aliphatic heterocycles. The molecule has 0 amide bonds. The summed E-state index contributed by atoms with van der Waals surface area (Å²) in [5.41, 5.74) is 5.77. The van der Waals surface area contributed by atoms with Crippen LogP contribution in [0, 0.1) is 19.0 Å². The smallest absolute Gasteiger partial charge is 0.0280 e. The number of benzene rings is 5. The molecule has 0 bridgehead atoms. The van der Waals surface area contributed by atoms with Crippen LogP contribution in [0.15, 0.2) is 109 Å². The Morgan fingerprint density at radius 1 is 0.646 bits per heavy atom. The minimum Gasteiger partial charge on any atom is -0.304 e. The molecule has 2 aromatic heterocycles. The van der Waals surface area contributed by atoms with Gasteiger partial charge in [-0.25, -0.2) is 0 Å². The quantitative estimate of drug-likeness (QED) is 0.0978. The Morgan fingerprint density at radius 2 is 1.21 bits per heavy atom. The molecule has 0 aliphatic rings. The van der Waals surface area contributed by atoms with Gasteiger partial charge < -0.3 is 4.98 Å². The Morgan fingerprint density at radius 3 is 1.77 bits per heavy atom. The molecule has 0 spiro atoms. The first-order chi connectivity index (χ1) is 24.0. The van der Waals surface area contributed by atoms with E-state index in [1.54, 1.807) is 0 Å². The van der Waals surface area contributed by atoms with Gasteiger partial charge in [0.1, 0.15) is 0 Å². The standard InChI is InChI=1S/C27H22N.C17H22GeN.Ir/c1-17(2)25-15-27(28-16-18(25)3)19-12-13-24-22-10-5-4-8-20(22)21-9-6-7-11-23(21)26(24)14-19;1-13(2)15-11-17(14-9-7-6-8-10-14)19-12-16(15)18(3,4)5;/h4-11,13-17H,1-3H3;6-9,11-13H,1-5H3;/q2*-1;/i3D3;13D;. The fourth-order valence-corrected chi connectivity index (χ4v) is 9.57. The monoisotopic (exact) mass is 871 g/mol. The van der Waals surface area contributed by atoms with E-state index in [0.29, 0.717) is 5.56 Å². The number of pyridine rings is 2. The summed E-state index contributed by atoms with van der Waals surface area (Å²) in [4.78, 5) is 9.14. The molecule has 7 rings (SSSR count). The zero-order valence-electron chi connectivity index (χ0n) is 32.7. The van der Waals surface area contributed by atoms with Crippen LogP contribution in [0.25, 0.3) is 54.8 Å². The van der Waals surface area contributed by atoms with Crippen LogP contribution in [0.4, 0.5) is 0 Å². The number of hydrogen-bond donors (Lipinski definition) is 0. The molecule has 245 valence electrons. The molecule has 2 heterocycles. The molecule has 5 aromatic carbocycles. The molecule has 0 saturated carbocycles. The normalized spacial score (nSPS) is 13.2. The molecule has 0 unspecified atom stereocenters. The van der Waals surface area contributed by atoms with E-state index < -0.39 is 26.0 Å². The zero-order chi connectivity index (χ0) is 36.7. The van der Waals surface area contributed by atoms with Crippen LogP contribution in [0.2, 0.25) is 17.3 Å². The van der Waals surface area contributed by atoms with Gasteiger partial charge in [-0.15, -0.1) is 23.8 Å². The van der Waals surface area contributed by atoms with E-state index in [4.69, 9.17) is 5.48 Å². The summed E-state index contributed by atoms with van der Waals surface area (Å²) >= 11 is -2.03. The maximum atomic E-state index is 8.44. The molecular formula is C44H44GeIrN2-2. The van der Waals surface area contributed by atoms with Crippen molar-refractivity contribution in [1.29, 1.82) is 0 Å². The first-order valence-corrected chi connectivity index (χ1v) is 23.6. The van der Waals surface area contributed by atoms with Crippen molar-refractivity contribution in [2.45, 2.75) is 63.6 Å². The summed E-state index contributed by atoms with van der Waals surface area (Å²) in [6.07, 6.45) is 3.51. The van der Waals surface area contributed by atoms with E-state index in [-0.39, 0.29) is 26.0 Å². The van der Waals surface area contributed by atoms with Gasteiger partial charge in [0.05, 0.1) is 0 Å². The number of rotatable bonds is 5. The van der Waals surface area contributed by atoms with Gasteiger partial charge in [-0.3, -0.25) is 0 Å². The van der Waals surface area contributed by atoms with Gasteiger partial charge >= 0.3 is 120 Å². The Labute approximate surface area is 308 Å². The molecule has 48 heavy (non-hydrogen) atoms. The van der Waals surface area contributed by atoms with Gasteiger partial charge in [-0.2, -0.15) is 0 Å². The summed E-state index contributed by atoms with van der Waals surface area (Å²) in [5, 5.41) is 7.14. The van der Waals surface area contributed by atoms with Crippen molar-refractivity contribution < 1.29 is 25.6 Å². The average Bonchev–Trinajstić information content (AvgIpc) is 3.10. The van der Waals surface area contributed by atoms with Crippen molar-refractivity contribution in [3.63, 3.8) is 0 Å². The Bertz CT molecular complexity index is 2320. The number of aryl methyl sites for hydroxylation is 1.